The van der Waals surface area contributed by atoms with E-state index in [0.29, 0.717) is 29.8 Å². The normalized spacial score (nSPS) is 14.6. The Morgan fingerprint density at radius 2 is 1.84 bits per heavy atom. The number of carbonyl (C=O) groups is 2. The van der Waals surface area contributed by atoms with Crippen LogP contribution in [0.25, 0.3) is 11.4 Å². The summed E-state index contributed by atoms with van der Waals surface area (Å²) in [5.41, 5.74) is 0.953. The van der Waals surface area contributed by atoms with E-state index in [9.17, 15) is 9.59 Å². The summed E-state index contributed by atoms with van der Waals surface area (Å²) in [6, 6.07) is 16.5. The number of hydrogen-bond donors (Lipinski definition) is 2. The highest BCUT2D eigenvalue weighted by Gasteiger charge is 2.21. The number of ether oxygens (including phenoxy) is 2. The van der Waals surface area contributed by atoms with Gasteiger partial charge in [0, 0.05) is 12.1 Å². The van der Waals surface area contributed by atoms with Crippen LogP contribution in [0.2, 0.25) is 0 Å². The molecular weight excluding hydrogens is 430 g/mol. The van der Waals surface area contributed by atoms with Crippen molar-refractivity contribution in [3.8, 4) is 22.9 Å². The second-order valence-corrected chi connectivity index (χ2v) is 7.90. The Bertz CT molecular complexity index is 1090. The van der Waals surface area contributed by atoms with Gasteiger partial charge >= 0.3 is 6.03 Å². The summed E-state index contributed by atoms with van der Waals surface area (Å²) in [5, 5.41) is 14.0. The summed E-state index contributed by atoms with van der Waals surface area (Å²) in [6.45, 7) is 3.18. The van der Waals surface area contributed by atoms with Crippen LogP contribution in [-0.2, 0) is 11.3 Å². The van der Waals surface area contributed by atoms with Gasteiger partial charge in [-0.25, -0.2) is 4.79 Å². The molecule has 1 aliphatic heterocycles. The van der Waals surface area contributed by atoms with Gasteiger partial charge in [-0.05, 0) is 19.1 Å². The number of para-hydroxylation sites is 2. The molecule has 1 aromatic heterocycles. The Morgan fingerprint density at radius 1 is 1.09 bits per heavy atom. The number of nitrogens with zero attached hydrogens (tertiary/aromatic N) is 3. The van der Waals surface area contributed by atoms with Gasteiger partial charge in [-0.2, -0.15) is 0 Å². The molecule has 32 heavy (non-hydrogen) atoms. The summed E-state index contributed by atoms with van der Waals surface area (Å²) < 4.78 is 13.3. The van der Waals surface area contributed by atoms with Gasteiger partial charge in [0.05, 0.1) is 12.3 Å². The SMILES string of the molecule is CCn1c(SCC(=O)NC(=O)NCC2COc3ccccc3O2)nnc1-c1ccccc1. The molecular formula is C22H23N5O4S. The van der Waals surface area contributed by atoms with Gasteiger partial charge in [0.15, 0.2) is 28.6 Å². The number of thioether (sulfide) groups is 1. The maximum atomic E-state index is 12.2. The molecule has 0 radical (unpaired) electrons. The second-order valence-electron chi connectivity index (χ2n) is 6.96. The number of hydrogen-bond acceptors (Lipinski definition) is 7. The van der Waals surface area contributed by atoms with Gasteiger partial charge in [-0.15, -0.1) is 10.2 Å². The van der Waals surface area contributed by atoms with Crippen molar-refractivity contribution >= 4 is 23.7 Å². The minimum atomic E-state index is -0.583. The molecule has 1 atom stereocenters. The van der Waals surface area contributed by atoms with Gasteiger partial charge < -0.3 is 19.4 Å². The summed E-state index contributed by atoms with van der Waals surface area (Å²) in [5.74, 6) is 1.66. The summed E-state index contributed by atoms with van der Waals surface area (Å²) in [4.78, 5) is 24.3. The van der Waals surface area contributed by atoms with E-state index in [-0.39, 0.29) is 18.4 Å². The van der Waals surface area contributed by atoms with Crippen molar-refractivity contribution in [1.82, 2.24) is 25.4 Å². The van der Waals surface area contributed by atoms with Crippen molar-refractivity contribution in [3.63, 3.8) is 0 Å². The number of aromatic nitrogens is 3. The van der Waals surface area contributed by atoms with Gasteiger partial charge in [0.25, 0.3) is 0 Å². The first-order valence-electron chi connectivity index (χ1n) is 10.2. The Labute approximate surface area is 189 Å². The fourth-order valence-electron chi connectivity index (χ4n) is 3.19. The highest BCUT2D eigenvalue weighted by atomic mass is 32.2. The lowest BCUT2D eigenvalue weighted by Gasteiger charge is -2.26. The highest BCUT2D eigenvalue weighted by molar-refractivity contribution is 7.99. The summed E-state index contributed by atoms with van der Waals surface area (Å²) in [6.07, 6.45) is -0.334. The van der Waals surface area contributed by atoms with E-state index in [1.54, 1.807) is 6.07 Å². The van der Waals surface area contributed by atoms with Crippen LogP contribution in [0.4, 0.5) is 4.79 Å². The third-order valence-corrected chi connectivity index (χ3v) is 5.67. The van der Waals surface area contributed by atoms with E-state index in [1.807, 2.05) is 60.0 Å². The van der Waals surface area contributed by atoms with Crippen molar-refractivity contribution in [1.29, 1.82) is 0 Å². The molecule has 9 nitrogen and oxygen atoms in total. The second kappa shape index (κ2) is 10.2. The lowest BCUT2D eigenvalue weighted by Crippen LogP contribution is -2.46. The van der Waals surface area contributed by atoms with Crippen LogP contribution in [0.15, 0.2) is 59.8 Å². The molecule has 0 fully saturated rings. The average Bonchev–Trinajstić information content (AvgIpc) is 3.25. The van der Waals surface area contributed by atoms with Crippen LogP contribution in [-0.4, -0.2) is 51.7 Å². The third-order valence-electron chi connectivity index (χ3n) is 4.71. The number of amides is 3. The molecule has 0 saturated carbocycles. The van der Waals surface area contributed by atoms with Gasteiger partial charge in [-0.3, -0.25) is 10.1 Å². The number of carbonyl (C=O) groups excluding carboxylic acids is 2. The molecule has 2 N–H and O–H groups in total. The number of urea groups is 1. The third kappa shape index (κ3) is 5.20. The molecule has 3 aromatic rings. The molecule has 3 amide bonds. The molecule has 2 aromatic carbocycles. The van der Waals surface area contributed by atoms with Crippen LogP contribution in [0, 0.1) is 0 Å². The van der Waals surface area contributed by atoms with Crippen molar-refractivity contribution < 1.29 is 19.1 Å². The first-order valence-corrected chi connectivity index (χ1v) is 11.2. The molecule has 1 unspecified atom stereocenters. The van der Waals surface area contributed by atoms with Crippen LogP contribution in [0.1, 0.15) is 6.92 Å². The number of benzene rings is 2. The Kier molecular flexibility index (Phi) is 6.90. The van der Waals surface area contributed by atoms with E-state index < -0.39 is 11.9 Å². The zero-order chi connectivity index (χ0) is 22.3. The molecule has 2 heterocycles. The number of rotatable bonds is 7. The zero-order valence-electron chi connectivity index (χ0n) is 17.5. The van der Waals surface area contributed by atoms with Crippen LogP contribution in [0.5, 0.6) is 11.5 Å². The first-order chi connectivity index (χ1) is 15.6. The van der Waals surface area contributed by atoms with Crippen molar-refractivity contribution in [2.75, 3.05) is 18.9 Å². The van der Waals surface area contributed by atoms with Crippen LogP contribution in [0.3, 0.4) is 0 Å². The molecule has 0 bridgehead atoms. The quantitative estimate of drug-likeness (QED) is 0.530. The van der Waals surface area contributed by atoms with E-state index in [0.717, 1.165) is 11.4 Å². The van der Waals surface area contributed by atoms with Crippen molar-refractivity contribution in [2.45, 2.75) is 24.7 Å². The van der Waals surface area contributed by atoms with E-state index in [1.165, 1.54) is 11.8 Å². The number of fused-ring (bicyclic) bond motifs is 1. The van der Waals surface area contributed by atoms with E-state index >= 15 is 0 Å². The topological polar surface area (TPSA) is 107 Å². The molecule has 10 heteroatoms. The highest BCUT2D eigenvalue weighted by Crippen LogP contribution is 2.30. The Balaban J connectivity index is 1.24. The number of imide groups is 1. The molecule has 0 saturated heterocycles. The van der Waals surface area contributed by atoms with E-state index in [2.05, 4.69) is 20.8 Å². The lowest BCUT2D eigenvalue weighted by atomic mass is 10.2. The molecule has 166 valence electrons. The summed E-state index contributed by atoms with van der Waals surface area (Å²) >= 11 is 1.23. The fraction of sp³-hybridized carbons (Fsp3) is 0.273. The smallest absolute Gasteiger partial charge is 0.321 e. The van der Waals surface area contributed by atoms with Gasteiger partial charge in [0.2, 0.25) is 5.91 Å². The predicted octanol–water partition coefficient (Wildman–Crippen LogP) is 2.72. The zero-order valence-corrected chi connectivity index (χ0v) is 18.3. The Hall–Kier alpha value is -3.53. The largest absolute Gasteiger partial charge is 0.486 e. The first kappa shape index (κ1) is 21.7. The van der Waals surface area contributed by atoms with E-state index in [4.69, 9.17) is 9.47 Å². The molecule has 4 rings (SSSR count). The van der Waals surface area contributed by atoms with Gasteiger partial charge in [0.1, 0.15) is 6.61 Å². The number of nitrogens with one attached hydrogen (secondary N) is 2. The Morgan fingerprint density at radius 3 is 2.62 bits per heavy atom. The minimum Gasteiger partial charge on any atom is -0.486 e. The van der Waals surface area contributed by atoms with Crippen molar-refractivity contribution in [3.05, 3.63) is 54.6 Å². The summed E-state index contributed by atoms with van der Waals surface area (Å²) in [7, 11) is 0. The molecule has 1 aliphatic rings. The standard InChI is InChI=1S/C22H23N5O4S/c1-2-27-20(15-8-4-3-5-9-15)25-26-22(27)32-14-19(28)24-21(29)23-12-16-13-30-17-10-6-7-11-18(17)31-16/h3-11,16H,2,12-14H2,1H3,(H2,23,24,28,29). The van der Waals surface area contributed by atoms with Gasteiger partial charge in [-0.1, -0.05) is 54.2 Å². The minimum absolute atomic E-state index is 0.0385. The van der Waals surface area contributed by atoms with Crippen LogP contribution >= 0.6 is 11.8 Å². The monoisotopic (exact) mass is 453 g/mol. The fourth-order valence-corrected chi connectivity index (χ4v) is 3.99. The maximum absolute atomic E-state index is 12.2. The van der Waals surface area contributed by atoms with Crippen LogP contribution < -0.4 is 20.1 Å². The predicted molar refractivity (Wildman–Crippen MR) is 120 cm³/mol. The molecule has 0 spiro atoms. The lowest BCUT2D eigenvalue weighted by molar-refractivity contribution is -0.117. The van der Waals surface area contributed by atoms with Crippen molar-refractivity contribution in [2.24, 2.45) is 0 Å². The maximum Gasteiger partial charge on any atom is 0.321 e. The average molecular weight is 454 g/mol. The molecule has 0 aliphatic carbocycles.